The van der Waals surface area contributed by atoms with Gasteiger partial charge in [-0.2, -0.15) is 0 Å². The largest absolute Gasteiger partial charge is 0.398 e. The SMILES string of the molecule is Nc1ccccc1S[C@@H]1CCCC[C@H]1O. The number of hydrogen-bond donors (Lipinski definition) is 2. The summed E-state index contributed by atoms with van der Waals surface area (Å²) in [7, 11) is 0. The predicted molar refractivity (Wildman–Crippen MR) is 65.0 cm³/mol. The summed E-state index contributed by atoms with van der Waals surface area (Å²) in [6.45, 7) is 0. The first-order valence-corrected chi connectivity index (χ1v) is 6.34. The van der Waals surface area contributed by atoms with E-state index in [1.807, 2.05) is 24.3 Å². The van der Waals surface area contributed by atoms with Crippen molar-refractivity contribution in [2.45, 2.75) is 41.9 Å². The van der Waals surface area contributed by atoms with E-state index in [9.17, 15) is 5.11 Å². The van der Waals surface area contributed by atoms with Gasteiger partial charge in [-0.3, -0.25) is 0 Å². The average Bonchev–Trinajstić information content (AvgIpc) is 2.24. The van der Waals surface area contributed by atoms with Gasteiger partial charge < -0.3 is 10.8 Å². The first-order chi connectivity index (χ1) is 7.27. The number of nitrogen functional groups attached to an aromatic ring is 1. The molecule has 1 saturated carbocycles. The number of nitrogens with two attached hydrogens (primary N) is 1. The minimum absolute atomic E-state index is 0.164. The first-order valence-electron chi connectivity index (χ1n) is 5.46. The molecule has 2 atom stereocenters. The molecule has 1 aromatic carbocycles. The fourth-order valence-corrected chi connectivity index (χ4v) is 3.23. The Morgan fingerprint density at radius 3 is 2.67 bits per heavy atom. The maximum Gasteiger partial charge on any atom is 0.0662 e. The van der Waals surface area contributed by atoms with E-state index in [0.717, 1.165) is 29.8 Å². The minimum atomic E-state index is -0.164. The number of para-hydroxylation sites is 1. The van der Waals surface area contributed by atoms with Crippen LogP contribution in [-0.2, 0) is 0 Å². The van der Waals surface area contributed by atoms with Gasteiger partial charge in [0.25, 0.3) is 0 Å². The molecule has 0 bridgehead atoms. The smallest absolute Gasteiger partial charge is 0.0662 e. The molecule has 2 nitrogen and oxygen atoms in total. The lowest BCUT2D eigenvalue weighted by atomic mass is 9.97. The van der Waals surface area contributed by atoms with Crippen molar-refractivity contribution in [2.24, 2.45) is 0 Å². The normalized spacial score (nSPS) is 26.5. The number of thioether (sulfide) groups is 1. The Hall–Kier alpha value is -0.670. The van der Waals surface area contributed by atoms with Crippen LogP contribution in [0.2, 0.25) is 0 Å². The predicted octanol–water partition coefficient (Wildman–Crippen LogP) is 2.66. The van der Waals surface area contributed by atoms with E-state index >= 15 is 0 Å². The lowest BCUT2D eigenvalue weighted by Gasteiger charge is -2.27. The van der Waals surface area contributed by atoms with E-state index in [1.54, 1.807) is 11.8 Å². The molecule has 3 N–H and O–H groups in total. The van der Waals surface area contributed by atoms with Crippen molar-refractivity contribution in [1.82, 2.24) is 0 Å². The summed E-state index contributed by atoms with van der Waals surface area (Å²) in [6.07, 6.45) is 4.25. The van der Waals surface area contributed by atoms with Gasteiger partial charge in [-0.1, -0.05) is 25.0 Å². The number of hydrogen-bond acceptors (Lipinski definition) is 3. The molecule has 0 radical (unpaired) electrons. The molecular formula is C12H17NOS. The fraction of sp³-hybridized carbons (Fsp3) is 0.500. The summed E-state index contributed by atoms with van der Waals surface area (Å²) in [6, 6.07) is 7.88. The Morgan fingerprint density at radius 1 is 1.20 bits per heavy atom. The highest BCUT2D eigenvalue weighted by Crippen LogP contribution is 2.36. The van der Waals surface area contributed by atoms with E-state index in [1.165, 1.54) is 6.42 Å². The molecule has 0 amide bonds. The van der Waals surface area contributed by atoms with Gasteiger partial charge in [-0.05, 0) is 25.0 Å². The summed E-state index contributed by atoms with van der Waals surface area (Å²) in [5, 5.41) is 10.2. The zero-order valence-corrected chi connectivity index (χ0v) is 9.54. The zero-order valence-electron chi connectivity index (χ0n) is 8.73. The van der Waals surface area contributed by atoms with Crippen LogP contribution in [0.25, 0.3) is 0 Å². The van der Waals surface area contributed by atoms with Crippen LogP contribution in [0.4, 0.5) is 5.69 Å². The second kappa shape index (κ2) is 4.90. The van der Waals surface area contributed by atoms with Crippen LogP contribution in [0, 0.1) is 0 Å². The number of aliphatic hydroxyl groups is 1. The number of benzene rings is 1. The van der Waals surface area contributed by atoms with Crippen LogP contribution in [0.1, 0.15) is 25.7 Å². The maximum atomic E-state index is 9.86. The molecule has 0 spiro atoms. The quantitative estimate of drug-likeness (QED) is 0.758. The van der Waals surface area contributed by atoms with E-state index < -0.39 is 0 Å². The van der Waals surface area contributed by atoms with Gasteiger partial charge in [-0.25, -0.2) is 0 Å². The second-order valence-electron chi connectivity index (χ2n) is 4.05. The molecule has 0 saturated heterocycles. The molecule has 2 rings (SSSR count). The zero-order chi connectivity index (χ0) is 10.7. The lowest BCUT2D eigenvalue weighted by Crippen LogP contribution is -2.26. The summed E-state index contributed by atoms with van der Waals surface area (Å²) >= 11 is 1.72. The van der Waals surface area contributed by atoms with Crippen LogP contribution < -0.4 is 5.73 Å². The third-order valence-electron chi connectivity index (χ3n) is 2.87. The molecule has 15 heavy (non-hydrogen) atoms. The van der Waals surface area contributed by atoms with Crippen molar-refractivity contribution in [3.63, 3.8) is 0 Å². The monoisotopic (exact) mass is 223 g/mol. The van der Waals surface area contributed by atoms with Crippen molar-refractivity contribution >= 4 is 17.4 Å². The van der Waals surface area contributed by atoms with Crippen molar-refractivity contribution in [3.8, 4) is 0 Å². The van der Waals surface area contributed by atoms with Crippen LogP contribution in [0.3, 0.4) is 0 Å². The van der Waals surface area contributed by atoms with Crippen LogP contribution in [-0.4, -0.2) is 16.5 Å². The Bertz CT molecular complexity index is 329. The standard InChI is InChI=1S/C12H17NOS/c13-9-5-1-3-7-11(9)15-12-8-4-2-6-10(12)14/h1,3,5,7,10,12,14H,2,4,6,8,13H2/t10-,12-/m1/s1. The molecule has 0 aromatic heterocycles. The highest BCUT2D eigenvalue weighted by atomic mass is 32.2. The Kier molecular flexibility index (Phi) is 3.54. The molecule has 0 aliphatic heterocycles. The van der Waals surface area contributed by atoms with Gasteiger partial charge >= 0.3 is 0 Å². The molecule has 1 aliphatic carbocycles. The highest BCUT2D eigenvalue weighted by Gasteiger charge is 2.24. The van der Waals surface area contributed by atoms with E-state index in [0.29, 0.717) is 5.25 Å². The molecular weight excluding hydrogens is 206 g/mol. The number of rotatable bonds is 2. The maximum absolute atomic E-state index is 9.86. The van der Waals surface area contributed by atoms with Gasteiger partial charge in [0.05, 0.1) is 6.10 Å². The van der Waals surface area contributed by atoms with E-state index in [2.05, 4.69) is 0 Å². The summed E-state index contributed by atoms with van der Waals surface area (Å²) < 4.78 is 0. The van der Waals surface area contributed by atoms with Crippen molar-refractivity contribution in [2.75, 3.05) is 5.73 Å². The van der Waals surface area contributed by atoms with Gasteiger partial charge in [-0.15, -0.1) is 11.8 Å². The van der Waals surface area contributed by atoms with E-state index in [-0.39, 0.29) is 6.10 Å². The lowest BCUT2D eigenvalue weighted by molar-refractivity contribution is 0.137. The van der Waals surface area contributed by atoms with Gasteiger partial charge in [0.15, 0.2) is 0 Å². The third kappa shape index (κ3) is 2.67. The Balaban J connectivity index is 2.04. The molecule has 3 heteroatoms. The number of aliphatic hydroxyl groups excluding tert-OH is 1. The Morgan fingerprint density at radius 2 is 1.93 bits per heavy atom. The first kappa shape index (κ1) is 10.8. The van der Waals surface area contributed by atoms with Gasteiger partial charge in [0.2, 0.25) is 0 Å². The fourth-order valence-electron chi connectivity index (χ4n) is 1.97. The van der Waals surface area contributed by atoms with Crippen LogP contribution in [0.5, 0.6) is 0 Å². The van der Waals surface area contributed by atoms with E-state index in [4.69, 9.17) is 5.73 Å². The highest BCUT2D eigenvalue weighted by molar-refractivity contribution is 8.00. The summed E-state index contributed by atoms with van der Waals surface area (Å²) in [5.41, 5.74) is 6.70. The van der Waals surface area contributed by atoms with Crippen molar-refractivity contribution < 1.29 is 5.11 Å². The molecule has 1 aliphatic rings. The topological polar surface area (TPSA) is 46.2 Å². The van der Waals surface area contributed by atoms with Crippen LogP contribution >= 0.6 is 11.8 Å². The van der Waals surface area contributed by atoms with Crippen molar-refractivity contribution in [3.05, 3.63) is 24.3 Å². The van der Waals surface area contributed by atoms with Gasteiger partial charge in [0.1, 0.15) is 0 Å². The molecule has 0 heterocycles. The second-order valence-corrected chi connectivity index (χ2v) is 5.33. The molecule has 0 unspecified atom stereocenters. The molecule has 82 valence electrons. The molecule has 1 fully saturated rings. The Labute approximate surface area is 94.9 Å². The summed E-state index contributed by atoms with van der Waals surface area (Å²) in [5.74, 6) is 0. The summed E-state index contributed by atoms with van der Waals surface area (Å²) in [4.78, 5) is 1.10. The minimum Gasteiger partial charge on any atom is -0.398 e. The molecule has 1 aromatic rings. The van der Waals surface area contributed by atoms with Crippen LogP contribution in [0.15, 0.2) is 29.2 Å². The van der Waals surface area contributed by atoms with Gasteiger partial charge in [0, 0.05) is 15.8 Å². The average molecular weight is 223 g/mol. The number of anilines is 1. The third-order valence-corrected chi connectivity index (χ3v) is 4.34. The van der Waals surface area contributed by atoms with Crippen molar-refractivity contribution in [1.29, 1.82) is 0 Å².